The Morgan fingerprint density at radius 3 is 1.90 bits per heavy atom. The molecule has 0 spiro atoms. The third-order valence-electron chi connectivity index (χ3n) is 5.02. The summed E-state index contributed by atoms with van der Waals surface area (Å²) >= 11 is 12.5. The number of carbonyl (C=O) groups is 1. The van der Waals surface area contributed by atoms with Crippen molar-refractivity contribution in [1.29, 1.82) is 0 Å². The van der Waals surface area contributed by atoms with Gasteiger partial charge in [-0.05, 0) is 60.0 Å². The summed E-state index contributed by atoms with van der Waals surface area (Å²) in [5.74, 6) is -2.21. The number of aliphatic carboxylic acids is 1. The van der Waals surface area contributed by atoms with E-state index >= 15 is 0 Å². The van der Waals surface area contributed by atoms with Gasteiger partial charge in [-0.25, -0.2) is 0 Å². The summed E-state index contributed by atoms with van der Waals surface area (Å²) in [5.41, 5.74) is 6.45. The van der Waals surface area contributed by atoms with Crippen LogP contribution in [0.1, 0.15) is 16.7 Å². The van der Waals surface area contributed by atoms with Gasteiger partial charge in [0.15, 0.2) is 5.75 Å². The van der Waals surface area contributed by atoms with Gasteiger partial charge in [-0.3, -0.25) is 4.79 Å². The molecule has 0 saturated carbocycles. The lowest BCUT2D eigenvalue weighted by atomic mass is 10.1. The smallest absolute Gasteiger partial charge is 0.488 e. The molecule has 40 heavy (non-hydrogen) atoms. The van der Waals surface area contributed by atoms with E-state index in [0.717, 1.165) is 24.3 Å². The summed E-state index contributed by atoms with van der Waals surface area (Å²) < 4.78 is 94.4. The molecule has 15 heteroatoms. The standard InChI is InChI=1S/C25H19Cl2F6NO6/c26-18-7-14(9-20(34)23(35)36)8-19(27)22(18)38-12-15-10-17(40-25(31,32)33)5-6-21(15)37-11-13-1-3-16(4-2-13)39-24(28,29)30/h1-8,10,20H,9,11-12,34H2,(H,35,36)/t20-/m0/s1. The predicted octanol–water partition coefficient (Wildman–Crippen LogP) is 6.90. The molecule has 3 aromatic rings. The van der Waals surface area contributed by atoms with Crippen molar-refractivity contribution >= 4 is 29.2 Å². The summed E-state index contributed by atoms with van der Waals surface area (Å²) in [5, 5.41) is 8.96. The van der Waals surface area contributed by atoms with E-state index < -0.39 is 42.8 Å². The Balaban J connectivity index is 1.79. The molecule has 1 atom stereocenters. The Labute approximate surface area is 232 Å². The van der Waals surface area contributed by atoms with Crippen LogP contribution in [0.25, 0.3) is 0 Å². The molecule has 0 aliphatic heterocycles. The van der Waals surface area contributed by atoms with Crippen LogP contribution in [0.15, 0.2) is 54.6 Å². The van der Waals surface area contributed by atoms with E-state index in [1.165, 1.54) is 30.3 Å². The van der Waals surface area contributed by atoms with Crippen molar-refractivity contribution in [3.8, 4) is 23.0 Å². The molecular weight excluding hydrogens is 595 g/mol. The van der Waals surface area contributed by atoms with Crippen molar-refractivity contribution < 1.29 is 55.2 Å². The Morgan fingerprint density at radius 2 is 1.35 bits per heavy atom. The summed E-state index contributed by atoms with van der Waals surface area (Å²) in [6.45, 7) is -0.561. The number of benzene rings is 3. The Kier molecular flexibility index (Phi) is 9.87. The normalized spacial score (nSPS) is 12.5. The number of carboxylic acid groups (broad SMARTS) is 1. The first-order valence-corrected chi connectivity index (χ1v) is 11.8. The van der Waals surface area contributed by atoms with E-state index in [9.17, 15) is 31.1 Å². The molecule has 0 heterocycles. The number of ether oxygens (including phenoxy) is 4. The highest BCUT2D eigenvalue weighted by Gasteiger charge is 2.32. The summed E-state index contributed by atoms with van der Waals surface area (Å²) in [7, 11) is 0. The lowest BCUT2D eigenvalue weighted by Crippen LogP contribution is -2.32. The van der Waals surface area contributed by atoms with E-state index in [0.29, 0.717) is 11.1 Å². The maximum absolute atomic E-state index is 12.8. The SMILES string of the molecule is N[C@@H](Cc1cc(Cl)c(OCc2cc(OC(F)(F)F)ccc2OCc2ccc(OC(F)(F)F)cc2)c(Cl)c1)C(=O)O. The van der Waals surface area contributed by atoms with E-state index in [1.807, 2.05) is 0 Å². The van der Waals surface area contributed by atoms with Crippen LogP contribution in [0.4, 0.5) is 26.3 Å². The Bertz CT molecular complexity index is 1310. The zero-order valence-corrected chi connectivity index (χ0v) is 21.5. The van der Waals surface area contributed by atoms with Crippen molar-refractivity contribution in [3.63, 3.8) is 0 Å². The fourth-order valence-corrected chi connectivity index (χ4v) is 3.96. The zero-order chi connectivity index (χ0) is 29.7. The molecule has 0 aliphatic rings. The molecule has 0 aromatic heterocycles. The molecule has 7 nitrogen and oxygen atoms in total. The first-order chi connectivity index (χ1) is 18.6. The topological polar surface area (TPSA) is 100 Å². The Morgan fingerprint density at radius 1 is 0.800 bits per heavy atom. The van der Waals surface area contributed by atoms with Crippen molar-refractivity contribution in [2.75, 3.05) is 0 Å². The molecule has 0 bridgehead atoms. The van der Waals surface area contributed by atoms with Crippen molar-refractivity contribution in [3.05, 3.63) is 81.3 Å². The lowest BCUT2D eigenvalue weighted by Gasteiger charge is -2.17. The second kappa shape index (κ2) is 12.7. The number of rotatable bonds is 11. The average molecular weight is 614 g/mol. The fraction of sp³-hybridized carbons (Fsp3) is 0.240. The van der Waals surface area contributed by atoms with Crippen LogP contribution in [0.5, 0.6) is 23.0 Å². The van der Waals surface area contributed by atoms with Crippen molar-refractivity contribution in [1.82, 2.24) is 0 Å². The maximum atomic E-state index is 12.8. The fourth-order valence-electron chi connectivity index (χ4n) is 3.31. The van der Waals surface area contributed by atoms with Crippen LogP contribution in [0, 0.1) is 0 Å². The molecule has 0 saturated heterocycles. The first-order valence-electron chi connectivity index (χ1n) is 11.0. The van der Waals surface area contributed by atoms with Gasteiger partial charge in [0, 0.05) is 5.56 Å². The number of carboxylic acids is 1. The summed E-state index contributed by atoms with van der Waals surface area (Å²) in [6, 6.07) is 9.57. The largest absolute Gasteiger partial charge is 0.573 e. The van der Waals surface area contributed by atoms with Crippen LogP contribution in [0.2, 0.25) is 10.0 Å². The van der Waals surface area contributed by atoms with E-state index in [-0.39, 0.29) is 40.1 Å². The predicted molar refractivity (Wildman–Crippen MR) is 131 cm³/mol. The molecule has 0 aliphatic carbocycles. The molecule has 0 fully saturated rings. The highest BCUT2D eigenvalue weighted by atomic mass is 35.5. The van der Waals surface area contributed by atoms with Gasteiger partial charge in [0.05, 0.1) is 10.0 Å². The van der Waals surface area contributed by atoms with Gasteiger partial charge in [-0.1, -0.05) is 35.3 Å². The minimum atomic E-state index is -4.97. The number of halogens is 8. The van der Waals surface area contributed by atoms with Crippen LogP contribution in [-0.4, -0.2) is 29.8 Å². The molecule has 0 amide bonds. The van der Waals surface area contributed by atoms with Crippen LogP contribution in [0.3, 0.4) is 0 Å². The van der Waals surface area contributed by atoms with Crippen LogP contribution >= 0.6 is 23.2 Å². The second-order valence-electron chi connectivity index (χ2n) is 8.12. The number of alkyl halides is 6. The monoisotopic (exact) mass is 613 g/mol. The van der Waals surface area contributed by atoms with E-state index in [1.54, 1.807) is 0 Å². The van der Waals surface area contributed by atoms with E-state index in [4.69, 9.17) is 43.5 Å². The molecular formula is C25H19Cl2F6NO6. The minimum absolute atomic E-state index is 0.00795. The third kappa shape index (κ3) is 9.57. The van der Waals surface area contributed by atoms with E-state index in [2.05, 4.69) is 9.47 Å². The van der Waals surface area contributed by atoms with Gasteiger partial charge in [-0.15, -0.1) is 26.3 Å². The molecule has 3 aromatic carbocycles. The van der Waals surface area contributed by atoms with Crippen LogP contribution in [-0.2, 0) is 24.4 Å². The van der Waals surface area contributed by atoms with Crippen LogP contribution < -0.4 is 24.7 Å². The van der Waals surface area contributed by atoms with Crippen molar-refractivity contribution in [2.24, 2.45) is 5.73 Å². The zero-order valence-electron chi connectivity index (χ0n) is 20.0. The van der Waals surface area contributed by atoms with Gasteiger partial charge in [0.25, 0.3) is 0 Å². The van der Waals surface area contributed by atoms with Crippen molar-refractivity contribution in [2.45, 2.75) is 38.4 Å². The quantitative estimate of drug-likeness (QED) is 0.227. The maximum Gasteiger partial charge on any atom is 0.573 e. The minimum Gasteiger partial charge on any atom is -0.488 e. The molecule has 3 rings (SSSR count). The summed E-state index contributed by atoms with van der Waals surface area (Å²) in [6.07, 6.45) is -9.91. The molecule has 3 N–H and O–H groups in total. The first kappa shape index (κ1) is 31.0. The average Bonchev–Trinajstić information content (AvgIpc) is 2.82. The van der Waals surface area contributed by atoms with Gasteiger partial charge in [0.1, 0.15) is 36.5 Å². The summed E-state index contributed by atoms with van der Waals surface area (Å²) in [4.78, 5) is 11.0. The number of nitrogens with two attached hydrogens (primary N) is 1. The second-order valence-corrected chi connectivity index (χ2v) is 8.94. The van der Waals surface area contributed by atoms with Gasteiger partial charge in [-0.2, -0.15) is 0 Å². The number of hydrogen-bond donors (Lipinski definition) is 2. The van der Waals surface area contributed by atoms with Gasteiger partial charge >= 0.3 is 18.7 Å². The van der Waals surface area contributed by atoms with Gasteiger partial charge < -0.3 is 29.8 Å². The van der Waals surface area contributed by atoms with Gasteiger partial charge in [0.2, 0.25) is 0 Å². The third-order valence-corrected chi connectivity index (χ3v) is 5.58. The lowest BCUT2D eigenvalue weighted by molar-refractivity contribution is -0.275. The number of hydrogen-bond acceptors (Lipinski definition) is 6. The highest BCUT2D eigenvalue weighted by molar-refractivity contribution is 6.37. The Hall–Kier alpha value is -3.55. The highest BCUT2D eigenvalue weighted by Crippen LogP contribution is 2.37. The molecule has 0 radical (unpaired) electrons. The molecule has 0 unspecified atom stereocenters. The molecule has 216 valence electrons.